The number of amides is 1. The highest BCUT2D eigenvalue weighted by Crippen LogP contribution is 2.13. The molecule has 0 atom stereocenters. The normalized spacial score (nSPS) is 16.0. The number of hydrogen-bond acceptors (Lipinski definition) is 3. The lowest BCUT2D eigenvalue weighted by Crippen LogP contribution is -2.49. The van der Waals surface area contributed by atoms with Crippen LogP contribution in [0.3, 0.4) is 0 Å². The number of nitrogens with one attached hydrogen (secondary N) is 1. The van der Waals surface area contributed by atoms with Crippen molar-refractivity contribution in [3.8, 4) is 0 Å². The van der Waals surface area contributed by atoms with Crippen molar-refractivity contribution in [2.45, 2.75) is 32.2 Å². The Morgan fingerprint density at radius 1 is 1.24 bits per heavy atom. The van der Waals surface area contributed by atoms with Gasteiger partial charge in [-0.3, -0.25) is 4.79 Å². The molecule has 0 radical (unpaired) electrons. The van der Waals surface area contributed by atoms with E-state index in [1.54, 1.807) is 0 Å². The van der Waals surface area contributed by atoms with Crippen LogP contribution in [0.5, 0.6) is 0 Å². The molecule has 2 rings (SSSR count). The van der Waals surface area contributed by atoms with E-state index >= 15 is 0 Å². The average molecular weight is 290 g/mol. The molecule has 0 bridgehead atoms. The second-order valence-corrected chi connectivity index (χ2v) is 6.22. The van der Waals surface area contributed by atoms with E-state index in [0.29, 0.717) is 32.8 Å². The van der Waals surface area contributed by atoms with Gasteiger partial charge in [-0.25, -0.2) is 0 Å². The SMILES string of the molecule is CC(C)(CCc1ccccc1)NCC(=O)N1CCOCC1. The van der Waals surface area contributed by atoms with E-state index in [0.717, 1.165) is 12.8 Å². The molecule has 1 aliphatic heterocycles. The molecule has 1 heterocycles. The molecule has 1 saturated heterocycles. The monoisotopic (exact) mass is 290 g/mol. The van der Waals surface area contributed by atoms with E-state index in [4.69, 9.17) is 4.74 Å². The third kappa shape index (κ3) is 5.48. The van der Waals surface area contributed by atoms with Crippen molar-refractivity contribution in [3.05, 3.63) is 35.9 Å². The molecule has 1 fully saturated rings. The van der Waals surface area contributed by atoms with E-state index < -0.39 is 0 Å². The van der Waals surface area contributed by atoms with Gasteiger partial charge in [0, 0.05) is 18.6 Å². The molecule has 1 N–H and O–H groups in total. The number of hydrogen-bond donors (Lipinski definition) is 1. The van der Waals surface area contributed by atoms with Gasteiger partial charge in [-0.2, -0.15) is 0 Å². The number of carbonyl (C=O) groups excluding carboxylic acids is 1. The zero-order chi connectivity index (χ0) is 15.1. The average Bonchev–Trinajstić information content (AvgIpc) is 2.53. The van der Waals surface area contributed by atoms with Gasteiger partial charge in [-0.05, 0) is 32.3 Å². The van der Waals surface area contributed by atoms with Gasteiger partial charge in [-0.1, -0.05) is 30.3 Å². The Morgan fingerprint density at radius 3 is 2.57 bits per heavy atom. The van der Waals surface area contributed by atoms with Crippen LogP contribution in [0.25, 0.3) is 0 Å². The van der Waals surface area contributed by atoms with Crippen LogP contribution in [0.4, 0.5) is 0 Å². The summed E-state index contributed by atoms with van der Waals surface area (Å²) in [5, 5.41) is 3.39. The van der Waals surface area contributed by atoms with Crippen LogP contribution in [0.2, 0.25) is 0 Å². The highest BCUT2D eigenvalue weighted by Gasteiger charge is 2.21. The lowest BCUT2D eigenvalue weighted by atomic mass is 9.95. The number of carbonyl (C=O) groups is 1. The third-order valence-corrected chi connectivity index (χ3v) is 3.96. The Labute approximate surface area is 127 Å². The van der Waals surface area contributed by atoms with Crippen LogP contribution >= 0.6 is 0 Å². The van der Waals surface area contributed by atoms with E-state index in [9.17, 15) is 4.79 Å². The number of ether oxygens (including phenoxy) is 1. The zero-order valence-corrected chi connectivity index (χ0v) is 13.1. The van der Waals surface area contributed by atoms with Gasteiger partial charge >= 0.3 is 0 Å². The maximum atomic E-state index is 12.1. The van der Waals surface area contributed by atoms with Gasteiger partial charge in [0.15, 0.2) is 0 Å². The Hall–Kier alpha value is -1.39. The molecule has 0 spiro atoms. The van der Waals surface area contributed by atoms with Gasteiger partial charge in [-0.15, -0.1) is 0 Å². The molecule has 21 heavy (non-hydrogen) atoms. The molecule has 4 heteroatoms. The second-order valence-electron chi connectivity index (χ2n) is 6.22. The van der Waals surface area contributed by atoms with Crippen molar-refractivity contribution < 1.29 is 9.53 Å². The summed E-state index contributed by atoms with van der Waals surface area (Å²) >= 11 is 0. The van der Waals surface area contributed by atoms with E-state index in [2.05, 4.69) is 43.4 Å². The largest absolute Gasteiger partial charge is 0.378 e. The minimum atomic E-state index is -0.0439. The zero-order valence-electron chi connectivity index (χ0n) is 13.1. The lowest BCUT2D eigenvalue weighted by molar-refractivity contribution is -0.134. The highest BCUT2D eigenvalue weighted by molar-refractivity contribution is 5.78. The summed E-state index contributed by atoms with van der Waals surface area (Å²) in [6, 6.07) is 10.5. The first-order chi connectivity index (χ1) is 10.1. The van der Waals surface area contributed by atoms with E-state index in [-0.39, 0.29) is 11.4 Å². The standard InChI is InChI=1S/C17H26N2O2/c1-17(2,9-8-15-6-4-3-5-7-15)18-14-16(20)19-10-12-21-13-11-19/h3-7,18H,8-14H2,1-2H3. The van der Waals surface area contributed by atoms with Crippen molar-refractivity contribution in [3.63, 3.8) is 0 Å². The van der Waals surface area contributed by atoms with Gasteiger partial charge in [0.2, 0.25) is 5.91 Å². The Morgan fingerprint density at radius 2 is 1.90 bits per heavy atom. The molecule has 4 nitrogen and oxygen atoms in total. The maximum Gasteiger partial charge on any atom is 0.236 e. The smallest absolute Gasteiger partial charge is 0.236 e. The third-order valence-electron chi connectivity index (χ3n) is 3.96. The topological polar surface area (TPSA) is 41.6 Å². The van der Waals surface area contributed by atoms with Gasteiger partial charge < -0.3 is 15.0 Å². The minimum absolute atomic E-state index is 0.0439. The van der Waals surface area contributed by atoms with Crippen molar-refractivity contribution >= 4 is 5.91 Å². The first-order valence-corrected chi connectivity index (χ1v) is 7.71. The molecule has 0 saturated carbocycles. The first-order valence-electron chi connectivity index (χ1n) is 7.71. The summed E-state index contributed by atoms with van der Waals surface area (Å²) in [7, 11) is 0. The number of aryl methyl sites for hydroxylation is 1. The first kappa shape index (κ1) is 16.0. The number of benzene rings is 1. The molecule has 0 aliphatic carbocycles. The fraction of sp³-hybridized carbons (Fsp3) is 0.588. The molecule has 116 valence electrons. The molecule has 0 aromatic heterocycles. The number of rotatable bonds is 6. The molecular formula is C17H26N2O2. The van der Waals surface area contributed by atoms with Gasteiger partial charge in [0.1, 0.15) is 0 Å². The molecule has 1 aromatic rings. The molecule has 1 aromatic carbocycles. The summed E-state index contributed by atoms with van der Waals surface area (Å²) in [6.45, 7) is 7.45. The van der Waals surface area contributed by atoms with Gasteiger partial charge in [0.25, 0.3) is 0 Å². The summed E-state index contributed by atoms with van der Waals surface area (Å²) in [5.74, 6) is 0.172. The Balaban J connectivity index is 1.74. The quantitative estimate of drug-likeness (QED) is 0.869. The Kier molecular flexibility index (Phi) is 5.76. The van der Waals surface area contributed by atoms with Crippen molar-refractivity contribution in [2.24, 2.45) is 0 Å². The predicted octanol–water partition coefficient (Wildman–Crippen LogP) is 1.85. The van der Waals surface area contributed by atoms with Crippen LogP contribution in [0.15, 0.2) is 30.3 Å². The minimum Gasteiger partial charge on any atom is -0.378 e. The highest BCUT2D eigenvalue weighted by atomic mass is 16.5. The molecule has 0 unspecified atom stereocenters. The van der Waals surface area contributed by atoms with E-state index in [1.807, 2.05) is 11.0 Å². The van der Waals surface area contributed by atoms with Crippen LogP contribution in [-0.4, -0.2) is 49.2 Å². The predicted molar refractivity (Wildman–Crippen MR) is 84.2 cm³/mol. The van der Waals surface area contributed by atoms with Gasteiger partial charge in [0.05, 0.1) is 19.8 Å². The summed E-state index contributed by atoms with van der Waals surface area (Å²) < 4.78 is 5.27. The fourth-order valence-corrected chi connectivity index (χ4v) is 2.43. The molecule has 1 amide bonds. The fourth-order valence-electron chi connectivity index (χ4n) is 2.43. The Bertz CT molecular complexity index is 439. The lowest BCUT2D eigenvalue weighted by Gasteiger charge is -2.30. The van der Waals surface area contributed by atoms with Crippen LogP contribution in [0, 0.1) is 0 Å². The van der Waals surface area contributed by atoms with Crippen molar-refractivity contribution in [1.29, 1.82) is 0 Å². The molecule has 1 aliphatic rings. The van der Waals surface area contributed by atoms with Crippen molar-refractivity contribution in [1.82, 2.24) is 10.2 Å². The van der Waals surface area contributed by atoms with Crippen LogP contribution in [-0.2, 0) is 16.0 Å². The maximum absolute atomic E-state index is 12.1. The summed E-state index contributed by atoms with van der Waals surface area (Å²) in [5.41, 5.74) is 1.30. The second kappa shape index (κ2) is 7.57. The number of nitrogens with zero attached hydrogens (tertiary/aromatic N) is 1. The molecular weight excluding hydrogens is 264 g/mol. The number of morpholine rings is 1. The van der Waals surface area contributed by atoms with Crippen molar-refractivity contribution in [2.75, 3.05) is 32.8 Å². The van der Waals surface area contributed by atoms with Crippen LogP contribution in [0.1, 0.15) is 25.8 Å². The summed E-state index contributed by atoms with van der Waals surface area (Å²) in [4.78, 5) is 14.0. The summed E-state index contributed by atoms with van der Waals surface area (Å²) in [6.07, 6.45) is 2.03. The van der Waals surface area contributed by atoms with E-state index in [1.165, 1.54) is 5.56 Å². The van der Waals surface area contributed by atoms with Crippen LogP contribution < -0.4 is 5.32 Å².